The lowest BCUT2D eigenvalue weighted by Crippen LogP contribution is -2.29. The maximum absolute atomic E-state index is 6.06. The first-order valence-corrected chi connectivity index (χ1v) is 8.08. The van der Waals surface area contributed by atoms with Crippen molar-refractivity contribution in [3.05, 3.63) is 35.5 Å². The second-order valence-corrected chi connectivity index (χ2v) is 6.13. The fraction of sp³-hybridized carbons (Fsp3) is 0.438. The highest BCUT2D eigenvalue weighted by Gasteiger charge is 2.25. The van der Waals surface area contributed by atoms with Crippen LogP contribution in [-0.4, -0.2) is 23.5 Å². The van der Waals surface area contributed by atoms with Crippen LogP contribution < -0.4 is 4.90 Å². The molecule has 1 aromatic heterocycles. The van der Waals surface area contributed by atoms with Crippen LogP contribution in [0.4, 0.5) is 5.69 Å². The third kappa shape index (κ3) is 2.72. The Labute approximate surface area is 129 Å². The Morgan fingerprint density at radius 1 is 1.30 bits per heavy atom. The molecular weight excluding hydrogens is 291 g/mol. The molecule has 0 saturated carbocycles. The van der Waals surface area contributed by atoms with E-state index < -0.39 is 0 Å². The molecule has 1 aliphatic heterocycles. The second kappa shape index (κ2) is 6.19. The molecule has 20 heavy (non-hydrogen) atoms. The Balaban J connectivity index is 1.96. The van der Waals surface area contributed by atoms with E-state index in [0.29, 0.717) is 6.04 Å². The van der Waals surface area contributed by atoms with Gasteiger partial charge in [0.15, 0.2) is 0 Å². The van der Waals surface area contributed by atoms with Gasteiger partial charge in [-0.05, 0) is 49.9 Å². The molecule has 1 atom stereocenters. The first kappa shape index (κ1) is 14.0. The van der Waals surface area contributed by atoms with Gasteiger partial charge in [-0.25, -0.2) is 0 Å². The van der Waals surface area contributed by atoms with Gasteiger partial charge < -0.3 is 4.90 Å². The predicted molar refractivity (Wildman–Crippen MR) is 87.1 cm³/mol. The highest BCUT2D eigenvalue weighted by atomic mass is 35.5. The first-order chi connectivity index (χ1) is 9.79. The van der Waals surface area contributed by atoms with Gasteiger partial charge in [-0.3, -0.25) is 4.98 Å². The number of nitrogens with zero attached hydrogens (tertiary/aromatic N) is 2. The number of hydrogen-bond acceptors (Lipinski definition) is 2. The Bertz CT molecular complexity index is 600. The molecule has 3 rings (SSSR count). The van der Waals surface area contributed by atoms with Gasteiger partial charge in [-0.2, -0.15) is 0 Å². The standard InChI is InChI=1S/C16H18Cl2N2/c17-8-1-3-13-4-2-10-20(13)16-7-9-19-15-11-12(18)5-6-14(15)16/h5-7,9,11,13H,1-4,8,10H2. The Morgan fingerprint density at radius 2 is 2.20 bits per heavy atom. The molecule has 0 aliphatic carbocycles. The summed E-state index contributed by atoms with van der Waals surface area (Å²) in [6, 6.07) is 8.69. The van der Waals surface area contributed by atoms with Crippen LogP contribution in [0.5, 0.6) is 0 Å². The number of halogens is 2. The molecule has 0 bridgehead atoms. The molecule has 1 unspecified atom stereocenters. The second-order valence-electron chi connectivity index (χ2n) is 5.31. The minimum absolute atomic E-state index is 0.607. The lowest BCUT2D eigenvalue weighted by atomic mass is 10.1. The summed E-state index contributed by atoms with van der Waals surface area (Å²) in [6.45, 7) is 1.12. The fourth-order valence-corrected chi connectivity index (χ4v) is 3.44. The van der Waals surface area contributed by atoms with E-state index in [9.17, 15) is 0 Å². The van der Waals surface area contributed by atoms with E-state index in [1.807, 2.05) is 18.3 Å². The molecule has 4 heteroatoms. The smallest absolute Gasteiger partial charge is 0.0737 e. The molecule has 0 spiro atoms. The first-order valence-electron chi connectivity index (χ1n) is 7.16. The van der Waals surface area contributed by atoms with Crippen molar-refractivity contribution < 1.29 is 0 Å². The van der Waals surface area contributed by atoms with Crippen LogP contribution in [0, 0.1) is 0 Å². The number of benzene rings is 1. The number of fused-ring (bicyclic) bond motifs is 1. The SMILES string of the molecule is ClCCCC1CCCN1c1ccnc2cc(Cl)ccc12. The Morgan fingerprint density at radius 3 is 3.05 bits per heavy atom. The van der Waals surface area contributed by atoms with E-state index in [1.54, 1.807) is 0 Å². The van der Waals surface area contributed by atoms with Crippen molar-refractivity contribution in [2.75, 3.05) is 17.3 Å². The molecule has 1 saturated heterocycles. The van der Waals surface area contributed by atoms with Crippen molar-refractivity contribution in [2.45, 2.75) is 31.7 Å². The summed E-state index contributed by atoms with van der Waals surface area (Å²) < 4.78 is 0. The summed E-state index contributed by atoms with van der Waals surface area (Å²) >= 11 is 11.9. The van der Waals surface area contributed by atoms with E-state index >= 15 is 0 Å². The van der Waals surface area contributed by atoms with Crippen molar-refractivity contribution in [1.82, 2.24) is 4.98 Å². The van der Waals surface area contributed by atoms with Crippen LogP contribution in [0.2, 0.25) is 5.02 Å². The summed E-state index contributed by atoms with van der Waals surface area (Å²) in [6.07, 6.45) is 6.64. The van der Waals surface area contributed by atoms with Crippen LogP contribution >= 0.6 is 23.2 Å². The quantitative estimate of drug-likeness (QED) is 0.749. The minimum Gasteiger partial charge on any atom is -0.368 e. The van der Waals surface area contributed by atoms with E-state index in [2.05, 4.69) is 22.0 Å². The average Bonchev–Trinajstić information content (AvgIpc) is 2.92. The summed E-state index contributed by atoms with van der Waals surface area (Å²) in [7, 11) is 0. The normalized spacial score (nSPS) is 18.9. The number of rotatable bonds is 4. The summed E-state index contributed by atoms with van der Waals surface area (Å²) in [5.41, 5.74) is 2.25. The molecule has 1 aromatic carbocycles. The van der Waals surface area contributed by atoms with Gasteiger partial charge in [-0.15, -0.1) is 11.6 Å². The third-order valence-corrected chi connectivity index (χ3v) is 4.54. The number of pyridine rings is 1. The van der Waals surface area contributed by atoms with Crippen molar-refractivity contribution >= 4 is 39.8 Å². The summed E-state index contributed by atoms with van der Waals surface area (Å²) in [5, 5.41) is 1.93. The molecule has 1 fully saturated rings. The molecular formula is C16H18Cl2N2. The fourth-order valence-electron chi connectivity index (χ4n) is 3.12. The maximum Gasteiger partial charge on any atom is 0.0737 e. The highest BCUT2D eigenvalue weighted by Crippen LogP contribution is 2.33. The third-order valence-electron chi connectivity index (χ3n) is 4.04. The summed E-state index contributed by atoms with van der Waals surface area (Å²) in [4.78, 5) is 6.95. The van der Waals surface area contributed by atoms with Gasteiger partial charge in [0.05, 0.1) is 5.52 Å². The number of anilines is 1. The number of aromatic nitrogens is 1. The van der Waals surface area contributed by atoms with Crippen LogP contribution in [0.25, 0.3) is 10.9 Å². The molecule has 2 nitrogen and oxygen atoms in total. The van der Waals surface area contributed by atoms with Crippen LogP contribution in [0.15, 0.2) is 30.5 Å². The largest absolute Gasteiger partial charge is 0.368 e. The van der Waals surface area contributed by atoms with Gasteiger partial charge in [0.1, 0.15) is 0 Å². The zero-order valence-electron chi connectivity index (χ0n) is 11.4. The van der Waals surface area contributed by atoms with Gasteiger partial charge in [0.2, 0.25) is 0 Å². The van der Waals surface area contributed by atoms with E-state index in [0.717, 1.165) is 29.4 Å². The van der Waals surface area contributed by atoms with Crippen LogP contribution in [0.1, 0.15) is 25.7 Å². The van der Waals surface area contributed by atoms with Crippen LogP contribution in [-0.2, 0) is 0 Å². The lowest BCUT2D eigenvalue weighted by molar-refractivity contribution is 0.603. The van der Waals surface area contributed by atoms with E-state index in [4.69, 9.17) is 23.2 Å². The highest BCUT2D eigenvalue weighted by molar-refractivity contribution is 6.31. The van der Waals surface area contributed by atoms with Crippen LogP contribution in [0.3, 0.4) is 0 Å². The predicted octanol–water partition coefficient (Wildman–Crippen LogP) is 4.88. The Hall–Kier alpha value is -0.990. The van der Waals surface area contributed by atoms with Crippen molar-refractivity contribution in [3.8, 4) is 0 Å². The average molecular weight is 309 g/mol. The van der Waals surface area contributed by atoms with Crippen molar-refractivity contribution in [3.63, 3.8) is 0 Å². The van der Waals surface area contributed by atoms with Gasteiger partial charge >= 0.3 is 0 Å². The number of hydrogen-bond donors (Lipinski definition) is 0. The molecule has 2 heterocycles. The molecule has 106 valence electrons. The minimum atomic E-state index is 0.607. The van der Waals surface area contributed by atoms with E-state index in [-0.39, 0.29) is 0 Å². The van der Waals surface area contributed by atoms with Crippen molar-refractivity contribution in [1.29, 1.82) is 0 Å². The van der Waals surface area contributed by atoms with Gasteiger partial charge in [0, 0.05) is 40.8 Å². The lowest BCUT2D eigenvalue weighted by Gasteiger charge is -2.27. The molecule has 2 aromatic rings. The number of alkyl halides is 1. The zero-order valence-corrected chi connectivity index (χ0v) is 12.9. The maximum atomic E-state index is 6.06. The topological polar surface area (TPSA) is 16.1 Å². The molecule has 1 aliphatic rings. The van der Waals surface area contributed by atoms with E-state index in [1.165, 1.54) is 30.3 Å². The zero-order chi connectivity index (χ0) is 13.9. The van der Waals surface area contributed by atoms with Gasteiger partial charge in [0.25, 0.3) is 0 Å². The molecule has 0 radical (unpaired) electrons. The van der Waals surface area contributed by atoms with Gasteiger partial charge in [-0.1, -0.05) is 11.6 Å². The van der Waals surface area contributed by atoms with Crippen molar-refractivity contribution in [2.24, 2.45) is 0 Å². The molecule has 0 N–H and O–H groups in total. The monoisotopic (exact) mass is 308 g/mol. The summed E-state index contributed by atoms with van der Waals surface area (Å²) in [5.74, 6) is 0.747. The molecule has 0 amide bonds. The Kier molecular flexibility index (Phi) is 4.32.